The number of fused-ring (bicyclic) bond motifs is 1. The summed E-state index contributed by atoms with van der Waals surface area (Å²) in [4.78, 5) is 0. The van der Waals surface area contributed by atoms with Gasteiger partial charge in [0.2, 0.25) is 6.29 Å². The summed E-state index contributed by atoms with van der Waals surface area (Å²) in [6.45, 7) is 8.96. The lowest BCUT2D eigenvalue weighted by Gasteiger charge is -2.43. The van der Waals surface area contributed by atoms with Gasteiger partial charge in [-0.05, 0) is 74.4 Å². The second-order valence-electron chi connectivity index (χ2n) is 9.62. The first kappa shape index (κ1) is 21.2. The van der Waals surface area contributed by atoms with Crippen LogP contribution in [-0.4, -0.2) is 19.0 Å². The van der Waals surface area contributed by atoms with Gasteiger partial charge in [-0.2, -0.15) is 0 Å². The number of rotatable bonds is 6. The van der Waals surface area contributed by atoms with Crippen LogP contribution in [-0.2, 0) is 10.2 Å². The highest BCUT2D eigenvalue weighted by molar-refractivity contribution is 5.37. The highest BCUT2D eigenvalue weighted by atomic mass is 16.7. The van der Waals surface area contributed by atoms with Gasteiger partial charge in [0.25, 0.3) is 0 Å². The van der Waals surface area contributed by atoms with Crippen LogP contribution in [0.5, 0.6) is 11.5 Å². The third kappa shape index (κ3) is 3.62. The molecular weight excluding hydrogens is 372 g/mol. The van der Waals surface area contributed by atoms with Gasteiger partial charge in [0.15, 0.2) is 0 Å². The van der Waals surface area contributed by atoms with E-state index in [1.807, 2.05) is 0 Å². The molecule has 0 amide bonds. The van der Waals surface area contributed by atoms with Crippen LogP contribution in [0, 0.1) is 5.92 Å². The lowest BCUT2D eigenvalue weighted by Crippen LogP contribution is -2.47. The van der Waals surface area contributed by atoms with Gasteiger partial charge in [-0.3, -0.25) is 0 Å². The highest BCUT2D eigenvalue weighted by Crippen LogP contribution is 2.58. The number of methoxy groups -OCH3 is 1. The van der Waals surface area contributed by atoms with E-state index in [9.17, 15) is 0 Å². The summed E-state index contributed by atoms with van der Waals surface area (Å²) in [5, 5.41) is 0. The van der Waals surface area contributed by atoms with Gasteiger partial charge in [-0.15, -0.1) is 0 Å². The predicted octanol–water partition coefficient (Wildman–Crippen LogP) is 6.85. The molecule has 3 nitrogen and oxygen atoms in total. The standard InChI is InChI=1S/C27H36O3/c1-6-19(2)20-10-14-23(15-11-20)29-25-27(21-12-16-22(28-5)17-13-21)18-8-7-9-24(27)26(3,4)30-25/h10-17,19,24-25H,6-9,18H2,1-5H3. The van der Waals surface area contributed by atoms with E-state index in [2.05, 4.69) is 76.2 Å². The van der Waals surface area contributed by atoms with Gasteiger partial charge in [-0.1, -0.05) is 51.0 Å². The van der Waals surface area contributed by atoms with E-state index in [1.165, 1.54) is 30.4 Å². The predicted molar refractivity (Wildman–Crippen MR) is 121 cm³/mol. The molecule has 1 saturated carbocycles. The number of ether oxygens (including phenoxy) is 3. The van der Waals surface area contributed by atoms with Crippen molar-refractivity contribution < 1.29 is 14.2 Å². The Morgan fingerprint density at radius 3 is 2.30 bits per heavy atom. The molecule has 4 rings (SSSR count). The Bertz CT molecular complexity index is 839. The monoisotopic (exact) mass is 408 g/mol. The van der Waals surface area contributed by atoms with Crippen molar-refractivity contribution in [2.24, 2.45) is 5.92 Å². The molecule has 0 radical (unpaired) electrons. The van der Waals surface area contributed by atoms with Gasteiger partial charge < -0.3 is 14.2 Å². The van der Waals surface area contributed by atoms with Crippen LogP contribution < -0.4 is 9.47 Å². The van der Waals surface area contributed by atoms with E-state index in [1.54, 1.807) is 7.11 Å². The summed E-state index contributed by atoms with van der Waals surface area (Å²) in [6, 6.07) is 17.2. The Morgan fingerprint density at radius 2 is 1.67 bits per heavy atom. The molecule has 2 aromatic carbocycles. The minimum atomic E-state index is -0.291. The van der Waals surface area contributed by atoms with Crippen molar-refractivity contribution in [3.63, 3.8) is 0 Å². The molecule has 0 aromatic heterocycles. The molecule has 1 heterocycles. The van der Waals surface area contributed by atoms with Gasteiger partial charge >= 0.3 is 0 Å². The van der Waals surface area contributed by atoms with Crippen LogP contribution in [0.4, 0.5) is 0 Å². The molecule has 1 aliphatic carbocycles. The summed E-state index contributed by atoms with van der Waals surface area (Å²) in [6.07, 6.45) is 5.57. The number of benzene rings is 2. The Morgan fingerprint density at radius 1 is 1.00 bits per heavy atom. The first-order valence-corrected chi connectivity index (χ1v) is 11.5. The van der Waals surface area contributed by atoms with Crippen molar-refractivity contribution >= 4 is 0 Å². The average Bonchev–Trinajstić information content (AvgIpc) is 3.01. The third-order valence-electron chi connectivity index (χ3n) is 7.56. The minimum absolute atomic E-state index is 0.136. The molecule has 3 heteroatoms. The molecule has 2 aromatic rings. The van der Waals surface area contributed by atoms with Crippen LogP contribution in [0.25, 0.3) is 0 Å². The van der Waals surface area contributed by atoms with Gasteiger partial charge in [-0.25, -0.2) is 0 Å². The summed E-state index contributed by atoms with van der Waals surface area (Å²) in [5.74, 6) is 2.77. The lowest BCUT2D eigenvalue weighted by atomic mass is 9.59. The zero-order valence-corrected chi connectivity index (χ0v) is 19.1. The quantitative estimate of drug-likeness (QED) is 0.523. The van der Waals surface area contributed by atoms with E-state index in [-0.39, 0.29) is 17.3 Å². The van der Waals surface area contributed by atoms with Crippen molar-refractivity contribution in [3.05, 3.63) is 59.7 Å². The fourth-order valence-electron chi connectivity index (χ4n) is 5.66. The first-order chi connectivity index (χ1) is 14.4. The van der Waals surface area contributed by atoms with Crippen molar-refractivity contribution in [1.82, 2.24) is 0 Å². The summed E-state index contributed by atoms with van der Waals surface area (Å²) in [7, 11) is 1.72. The van der Waals surface area contributed by atoms with E-state index in [0.717, 1.165) is 24.3 Å². The molecule has 30 heavy (non-hydrogen) atoms. The SMILES string of the molecule is CCC(C)c1ccc(OC2OC(C)(C)C3CCCCC23c2ccc(OC)cc2)cc1. The topological polar surface area (TPSA) is 27.7 Å². The van der Waals surface area contributed by atoms with E-state index in [0.29, 0.717) is 11.8 Å². The van der Waals surface area contributed by atoms with E-state index >= 15 is 0 Å². The molecule has 4 unspecified atom stereocenters. The van der Waals surface area contributed by atoms with Gasteiger partial charge in [0.1, 0.15) is 11.5 Å². The molecule has 0 spiro atoms. The second kappa shape index (κ2) is 8.26. The molecule has 2 aliphatic rings. The highest BCUT2D eigenvalue weighted by Gasteiger charge is 2.62. The fourth-order valence-corrected chi connectivity index (χ4v) is 5.66. The molecule has 1 aliphatic heterocycles. The Balaban J connectivity index is 1.69. The zero-order chi connectivity index (χ0) is 21.4. The maximum absolute atomic E-state index is 6.66. The molecule has 4 atom stereocenters. The molecule has 0 bridgehead atoms. The second-order valence-corrected chi connectivity index (χ2v) is 9.62. The van der Waals surface area contributed by atoms with Crippen LogP contribution >= 0.6 is 0 Å². The summed E-state index contributed by atoms with van der Waals surface area (Å²) >= 11 is 0. The molecule has 0 N–H and O–H groups in total. The largest absolute Gasteiger partial charge is 0.497 e. The maximum Gasteiger partial charge on any atom is 0.210 e. The molecule has 162 valence electrons. The Hall–Kier alpha value is -2.00. The normalized spacial score (nSPS) is 28.6. The average molecular weight is 409 g/mol. The minimum Gasteiger partial charge on any atom is -0.497 e. The van der Waals surface area contributed by atoms with E-state index < -0.39 is 0 Å². The van der Waals surface area contributed by atoms with Crippen LogP contribution in [0.3, 0.4) is 0 Å². The zero-order valence-electron chi connectivity index (χ0n) is 19.1. The smallest absolute Gasteiger partial charge is 0.210 e. The Labute approximate surface area is 181 Å². The summed E-state index contributed by atoms with van der Waals surface area (Å²) in [5.41, 5.74) is 2.31. The van der Waals surface area contributed by atoms with Crippen LogP contribution in [0.15, 0.2) is 48.5 Å². The van der Waals surface area contributed by atoms with Gasteiger partial charge in [0, 0.05) is 5.92 Å². The number of hydrogen-bond acceptors (Lipinski definition) is 3. The van der Waals surface area contributed by atoms with Crippen molar-refractivity contribution in [3.8, 4) is 11.5 Å². The van der Waals surface area contributed by atoms with E-state index in [4.69, 9.17) is 14.2 Å². The molecular formula is C27H36O3. The van der Waals surface area contributed by atoms with Crippen molar-refractivity contribution in [2.75, 3.05) is 7.11 Å². The van der Waals surface area contributed by atoms with Crippen molar-refractivity contribution in [1.29, 1.82) is 0 Å². The van der Waals surface area contributed by atoms with Crippen LogP contribution in [0.1, 0.15) is 76.8 Å². The van der Waals surface area contributed by atoms with Gasteiger partial charge in [0.05, 0.1) is 18.1 Å². The maximum atomic E-state index is 6.66. The van der Waals surface area contributed by atoms with Crippen LogP contribution in [0.2, 0.25) is 0 Å². The lowest BCUT2D eigenvalue weighted by molar-refractivity contribution is -0.127. The Kier molecular flexibility index (Phi) is 5.85. The number of hydrogen-bond donors (Lipinski definition) is 0. The first-order valence-electron chi connectivity index (χ1n) is 11.5. The third-order valence-corrected chi connectivity index (χ3v) is 7.56. The molecule has 2 fully saturated rings. The fraction of sp³-hybridized carbons (Fsp3) is 0.556. The van der Waals surface area contributed by atoms with Crippen molar-refractivity contribution in [2.45, 2.75) is 83.0 Å². The molecule has 1 saturated heterocycles. The summed E-state index contributed by atoms with van der Waals surface area (Å²) < 4.78 is 18.7.